The van der Waals surface area contributed by atoms with Crippen molar-refractivity contribution >= 4 is 28.3 Å². The number of aromatic amines is 1. The maximum Gasteiger partial charge on any atom is 0.349 e. The molecule has 0 bridgehead atoms. The van der Waals surface area contributed by atoms with Crippen LogP contribution in [0.25, 0.3) is 22.6 Å². The molecule has 0 atom stereocenters. The van der Waals surface area contributed by atoms with Gasteiger partial charge in [-0.1, -0.05) is 25.4 Å². The molecule has 1 N–H and O–H groups in total. The molecule has 2 aliphatic rings. The van der Waals surface area contributed by atoms with Crippen LogP contribution in [0.1, 0.15) is 13.8 Å². The highest BCUT2D eigenvalue weighted by Crippen LogP contribution is 2.31. The van der Waals surface area contributed by atoms with E-state index in [0.717, 1.165) is 11.2 Å². The Kier molecular flexibility index (Phi) is 4.04. The lowest BCUT2D eigenvalue weighted by atomic mass is 10.1. The fourth-order valence-electron chi connectivity index (χ4n) is 2.70. The quantitative estimate of drug-likeness (QED) is 0.732. The second-order valence-corrected chi connectivity index (χ2v) is 6.75. The summed E-state index contributed by atoms with van der Waals surface area (Å²) >= 11 is 6.33. The summed E-state index contributed by atoms with van der Waals surface area (Å²) in [6, 6.07) is 3.63. The zero-order valence-electron chi connectivity index (χ0n) is 13.9. The Morgan fingerprint density at radius 1 is 1.25 bits per heavy atom. The van der Waals surface area contributed by atoms with Gasteiger partial charge in [0.15, 0.2) is 11.5 Å². The van der Waals surface area contributed by atoms with E-state index in [1.165, 1.54) is 0 Å². The van der Waals surface area contributed by atoms with Gasteiger partial charge in [0.2, 0.25) is 0 Å². The Morgan fingerprint density at radius 3 is 2.58 bits per heavy atom. The molecule has 0 aromatic heterocycles. The van der Waals surface area contributed by atoms with E-state index in [-0.39, 0.29) is 11.5 Å². The van der Waals surface area contributed by atoms with Crippen molar-refractivity contribution in [1.29, 1.82) is 0 Å². The molecule has 0 fully saturated rings. The number of hydrogen-bond donors (Lipinski definition) is 1. The predicted molar refractivity (Wildman–Crippen MR) is 95.2 cm³/mol. The Hall–Kier alpha value is -2.41. The van der Waals surface area contributed by atoms with Crippen molar-refractivity contribution in [3.05, 3.63) is 38.0 Å². The highest BCUT2D eigenvalue weighted by molar-refractivity contribution is 6.34. The molecule has 0 aliphatic carbocycles. The predicted octanol–water partition coefficient (Wildman–Crippen LogP) is 1.96. The van der Waals surface area contributed by atoms with Crippen LogP contribution in [0.4, 0.5) is 5.69 Å². The van der Waals surface area contributed by atoms with E-state index in [1.807, 2.05) is 29.6 Å². The third kappa shape index (κ3) is 2.75. The fraction of sp³-hybridized carbons (Fsp3) is 0.375. The molecule has 3 rings (SSSR count). The first-order chi connectivity index (χ1) is 11.3. The van der Waals surface area contributed by atoms with Crippen LogP contribution in [0.3, 0.4) is 0 Å². The van der Waals surface area contributed by atoms with Gasteiger partial charge in [0.05, 0.1) is 21.7 Å². The van der Waals surface area contributed by atoms with Crippen LogP contribution in [0.5, 0.6) is 0 Å². The monoisotopic (exact) mass is 347 g/mol. The number of fused-ring (bicyclic) bond motifs is 2. The third-order valence-electron chi connectivity index (χ3n) is 3.71. The number of hydrogen-bond acceptors (Lipinski definition) is 5. The first-order valence-electron chi connectivity index (χ1n) is 7.59. The average molecular weight is 348 g/mol. The van der Waals surface area contributed by atoms with Crippen molar-refractivity contribution < 1.29 is 0 Å². The summed E-state index contributed by atoms with van der Waals surface area (Å²) in [5.41, 5.74) is 1.11. The zero-order valence-corrected chi connectivity index (χ0v) is 14.7. The van der Waals surface area contributed by atoms with E-state index in [2.05, 4.69) is 28.8 Å². The number of nitrogens with one attached hydrogen (secondary N) is 1. The van der Waals surface area contributed by atoms with E-state index >= 15 is 0 Å². The number of H-pyrrole nitrogens is 1. The summed E-state index contributed by atoms with van der Waals surface area (Å²) in [5, 5.41) is 0.542. The lowest BCUT2D eigenvalue weighted by Crippen LogP contribution is -2.29. The Bertz CT molecular complexity index is 1010. The highest BCUT2D eigenvalue weighted by atomic mass is 35.5. The van der Waals surface area contributed by atoms with Crippen molar-refractivity contribution in [3.8, 4) is 11.5 Å². The minimum atomic E-state index is -0.673. The summed E-state index contributed by atoms with van der Waals surface area (Å²) in [6.07, 6.45) is 0. The molecule has 0 saturated heterocycles. The largest absolute Gasteiger partial charge is 0.376 e. The molecule has 8 heteroatoms. The average Bonchev–Trinajstić information content (AvgIpc) is 2.46. The number of anilines is 1. The van der Waals surface area contributed by atoms with E-state index < -0.39 is 11.2 Å². The molecule has 0 radical (unpaired) electrons. The second kappa shape index (κ2) is 5.90. The maximum absolute atomic E-state index is 12.1. The van der Waals surface area contributed by atoms with E-state index in [9.17, 15) is 9.59 Å². The topological polar surface area (TPSA) is 83.9 Å². The summed E-state index contributed by atoms with van der Waals surface area (Å²) in [7, 11) is 3.79. The summed E-state index contributed by atoms with van der Waals surface area (Å²) in [6.45, 7) is 4.71. The number of aromatic nitrogens is 4. The molecule has 2 heterocycles. The van der Waals surface area contributed by atoms with Gasteiger partial charge in [0.1, 0.15) is 0 Å². The smallest absolute Gasteiger partial charge is 0.349 e. The second-order valence-electron chi connectivity index (χ2n) is 6.35. The summed E-state index contributed by atoms with van der Waals surface area (Å²) in [5.74, 6) is 0.579. The lowest BCUT2D eigenvalue weighted by Gasteiger charge is -2.21. The number of rotatable bonds is 3. The molecule has 2 aliphatic heterocycles. The highest BCUT2D eigenvalue weighted by Gasteiger charge is 2.20. The Morgan fingerprint density at radius 2 is 1.96 bits per heavy atom. The molecule has 0 spiro atoms. The van der Waals surface area contributed by atoms with Crippen LogP contribution in [0.2, 0.25) is 5.02 Å². The minimum absolute atomic E-state index is 0.136. The van der Waals surface area contributed by atoms with Gasteiger partial charge in [-0.05, 0) is 18.1 Å². The Labute approximate surface area is 143 Å². The maximum atomic E-state index is 12.1. The van der Waals surface area contributed by atoms with Gasteiger partial charge in [-0.25, -0.2) is 9.78 Å². The van der Waals surface area contributed by atoms with Crippen molar-refractivity contribution in [2.75, 3.05) is 19.0 Å². The third-order valence-corrected chi connectivity index (χ3v) is 4.01. The minimum Gasteiger partial charge on any atom is -0.376 e. The molecular formula is C16H18ClN5O2. The standard InChI is InChI=1S/C16H18ClN5O2/c1-8(2)7-22-12-6-11(21(3)4)9(17)5-10(12)18-13-14(22)19-16(24)20-15(13)23/h5-6,8H,7H2,1-4H3,(H,20,23,24). The van der Waals surface area contributed by atoms with Gasteiger partial charge in [0, 0.05) is 20.6 Å². The number of halogens is 1. The van der Waals surface area contributed by atoms with Gasteiger partial charge >= 0.3 is 5.69 Å². The van der Waals surface area contributed by atoms with Gasteiger partial charge in [0.25, 0.3) is 5.56 Å². The zero-order chi connectivity index (χ0) is 17.6. The normalized spacial score (nSPS) is 11.6. The van der Waals surface area contributed by atoms with Crippen molar-refractivity contribution in [2.45, 2.75) is 20.4 Å². The molecule has 1 aromatic carbocycles. The molecule has 1 aromatic rings. The lowest BCUT2D eigenvalue weighted by molar-refractivity contribution is 0.530. The van der Waals surface area contributed by atoms with Crippen LogP contribution in [0, 0.1) is 5.92 Å². The summed E-state index contributed by atoms with van der Waals surface area (Å²) in [4.78, 5) is 36.2. The number of nitrogens with zero attached hydrogens (tertiary/aromatic N) is 4. The van der Waals surface area contributed by atoms with E-state index in [1.54, 1.807) is 6.07 Å². The van der Waals surface area contributed by atoms with Gasteiger partial charge in [-0.15, -0.1) is 0 Å². The van der Waals surface area contributed by atoms with E-state index in [0.29, 0.717) is 23.0 Å². The van der Waals surface area contributed by atoms with Crippen LogP contribution in [0.15, 0.2) is 21.7 Å². The Balaban J connectivity index is 2.50. The molecule has 126 valence electrons. The van der Waals surface area contributed by atoms with Crippen LogP contribution in [-0.2, 0) is 6.54 Å². The first kappa shape index (κ1) is 16.4. The molecule has 24 heavy (non-hydrogen) atoms. The molecular weight excluding hydrogens is 330 g/mol. The van der Waals surface area contributed by atoms with Crippen molar-refractivity contribution in [3.63, 3.8) is 0 Å². The van der Waals surface area contributed by atoms with Crippen LogP contribution in [-0.4, -0.2) is 33.6 Å². The van der Waals surface area contributed by atoms with Gasteiger partial charge in [-0.2, -0.15) is 4.98 Å². The first-order valence-corrected chi connectivity index (χ1v) is 7.97. The van der Waals surface area contributed by atoms with Crippen molar-refractivity contribution in [2.24, 2.45) is 5.92 Å². The van der Waals surface area contributed by atoms with Crippen LogP contribution >= 0.6 is 11.6 Å². The van der Waals surface area contributed by atoms with Crippen LogP contribution < -0.4 is 16.1 Å². The molecule has 0 saturated carbocycles. The van der Waals surface area contributed by atoms with Gasteiger partial charge in [-0.3, -0.25) is 9.78 Å². The summed E-state index contributed by atoms with van der Waals surface area (Å²) < 4.78 is 1.86. The fourth-order valence-corrected chi connectivity index (χ4v) is 3.02. The van der Waals surface area contributed by atoms with Gasteiger partial charge < -0.3 is 9.47 Å². The molecule has 0 unspecified atom stereocenters. The number of benzene rings is 1. The van der Waals surface area contributed by atoms with E-state index in [4.69, 9.17) is 11.6 Å². The molecule has 0 amide bonds. The molecule has 7 nitrogen and oxygen atoms in total. The SMILES string of the molecule is CC(C)Cn1c2nc(=O)[nH]c(=O)c-2nc2cc(Cl)c(N(C)C)cc21. The van der Waals surface area contributed by atoms with Crippen molar-refractivity contribution in [1.82, 2.24) is 19.5 Å².